The summed E-state index contributed by atoms with van der Waals surface area (Å²) in [5.74, 6) is -1.02. The number of hydrogen-bond acceptors (Lipinski definition) is 6. The minimum atomic E-state index is -0.760. The third-order valence-electron chi connectivity index (χ3n) is 4.90. The van der Waals surface area contributed by atoms with E-state index in [9.17, 15) is 14.4 Å². The summed E-state index contributed by atoms with van der Waals surface area (Å²) in [6.45, 7) is 4.39. The van der Waals surface area contributed by atoms with Crippen LogP contribution in [0.25, 0.3) is 0 Å². The van der Waals surface area contributed by atoms with E-state index in [1.165, 1.54) is 11.3 Å². The highest BCUT2D eigenvalue weighted by Gasteiger charge is 2.30. The Kier molecular flexibility index (Phi) is 5.75. The van der Waals surface area contributed by atoms with Crippen LogP contribution in [0.5, 0.6) is 0 Å². The highest BCUT2D eigenvalue weighted by atomic mass is 32.1. The van der Waals surface area contributed by atoms with Gasteiger partial charge in [0.25, 0.3) is 5.91 Å². The van der Waals surface area contributed by atoms with Crippen molar-refractivity contribution in [2.24, 2.45) is 5.92 Å². The van der Waals surface area contributed by atoms with E-state index in [-0.39, 0.29) is 17.7 Å². The molecule has 2 aliphatic heterocycles. The standard InChI is InChI=1S/C17H24N4O4S/c1-2-12(22)18-14-13(15(23)20-7-3-4-8-20)26-17(19-14)21-9-5-11(6-10-21)16(24)25/h11H,2-10H2,1H3,(H,18,22)(H,24,25). The lowest BCUT2D eigenvalue weighted by molar-refractivity contribution is -0.142. The lowest BCUT2D eigenvalue weighted by atomic mass is 9.98. The third-order valence-corrected chi connectivity index (χ3v) is 6.00. The fourth-order valence-electron chi connectivity index (χ4n) is 3.28. The highest BCUT2D eigenvalue weighted by Crippen LogP contribution is 2.34. The van der Waals surface area contributed by atoms with Gasteiger partial charge in [0.1, 0.15) is 4.88 Å². The van der Waals surface area contributed by atoms with Gasteiger partial charge in [-0.15, -0.1) is 0 Å². The van der Waals surface area contributed by atoms with Crippen LogP contribution >= 0.6 is 11.3 Å². The number of nitrogens with zero attached hydrogens (tertiary/aromatic N) is 3. The van der Waals surface area contributed by atoms with Gasteiger partial charge in [-0.25, -0.2) is 4.98 Å². The molecular weight excluding hydrogens is 356 g/mol. The van der Waals surface area contributed by atoms with Crippen molar-refractivity contribution in [1.82, 2.24) is 9.88 Å². The van der Waals surface area contributed by atoms with Crippen LogP contribution in [0.2, 0.25) is 0 Å². The highest BCUT2D eigenvalue weighted by molar-refractivity contribution is 7.18. The Hall–Kier alpha value is -2.16. The van der Waals surface area contributed by atoms with Gasteiger partial charge in [-0.05, 0) is 25.7 Å². The number of hydrogen-bond donors (Lipinski definition) is 2. The number of aliphatic carboxylic acids is 1. The molecule has 8 nitrogen and oxygen atoms in total. The van der Waals surface area contributed by atoms with Crippen LogP contribution < -0.4 is 10.2 Å². The van der Waals surface area contributed by atoms with E-state index in [4.69, 9.17) is 5.11 Å². The lowest BCUT2D eigenvalue weighted by Crippen LogP contribution is -2.36. The summed E-state index contributed by atoms with van der Waals surface area (Å²) in [5.41, 5.74) is 0. The van der Waals surface area contributed by atoms with Gasteiger partial charge in [0.15, 0.2) is 10.9 Å². The van der Waals surface area contributed by atoms with Crippen LogP contribution in [-0.4, -0.2) is 59.0 Å². The molecule has 3 rings (SSSR count). The number of rotatable bonds is 5. The van der Waals surface area contributed by atoms with Gasteiger partial charge >= 0.3 is 5.97 Å². The minimum Gasteiger partial charge on any atom is -0.481 e. The number of carboxylic acid groups (broad SMARTS) is 1. The number of carbonyl (C=O) groups is 3. The zero-order valence-electron chi connectivity index (χ0n) is 14.9. The first-order valence-corrected chi connectivity index (χ1v) is 9.89. The first-order valence-electron chi connectivity index (χ1n) is 9.07. The molecule has 2 aliphatic rings. The second-order valence-corrected chi connectivity index (χ2v) is 7.65. The Morgan fingerprint density at radius 3 is 2.42 bits per heavy atom. The molecular formula is C17H24N4O4S. The second-order valence-electron chi connectivity index (χ2n) is 6.67. The zero-order valence-corrected chi connectivity index (χ0v) is 15.7. The molecule has 0 spiro atoms. The maximum absolute atomic E-state index is 12.8. The average Bonchev–Trinajstić information content (AvgIpc) is 3.31. The number of carbonyl (C=O) groups excluding carboxylic acids is 2. The summed E-state index contributed by atoms with van der Waals surface area (Å²) in [7, 11) is 0. The zero-order chi connectivity index (χ0) is 18.7. The number of anilines is 2. The molecule has 0 aliphatic carbocycles. The molecule has 0 saturated carbocycles. The van der Waals surface area contributed by atoms with Crippen LogP contribution in [0.3, 0.4) is 0 Å². The Morgan fingerprint density at radius 1 is 1.19 bits per heavy atom. The van der Waals surface area contributed by atoms with Gasteiger partial charge in [-0.1, -0.05) is 18.3 Å². The fraction of sp³-hybridized carbons (Fsp3) is 0.647. The van der Waals surface area contributed by atoms with Crippen molar-refractivity contribution in [3.63, 3.8) is 0 Å². The van der Waals surface area contributed by atoms with Crippen molar-refractivity contribution in [1.29, 1.82) is 0 Å². The molecule has 142 valence electrons. The van der Waals surface area contributed by atoms with Crippen LogP contribution in [-0.2, 0) is 9.59 Å². The van der Waals surface area contributed by atoms with Gasteiger partial charge in [-0.2, -0.15) is 0 Å². The molecule has 1 aromatic rings. The normalized spacial score (nSPS) is 18.2. The van der Waals surface area contributed by atoms with Crippen LogP contribution in [0.1, 0.15) is 48.7 Å². The summed E-state index contributed by atoms with van der Waals surface area (Å²) >= 11 is 1.28. The SMILES string of the molecule is CCC(=O)Nc1nc(N2CCC(C(=O)O)CC2)sc1C(=O)N1CCCC1. The van der Waals surface area contributed by atoms with Gasteiger partial charge < -0.3 is 20.2 Å². The number of carboxylic acids is 1. The van der Waals surface area contributed by atoms with Gasteiger partial charge in [-0.3, -0.25) is 14.4 Å². The largest absolute Gasteiger partial charge is 0.481 e. The molecule has 3 heterocycles. The number of thiazole rings is 1. The van der Waals surface area contributed by atoms with Crippen LogP contribution in [0.4, 0.5) is 10.9 Å². The molecule has 2 N–H and O–H groups in total. The monoisotopic (exact) mass is 380 g/mol. The van der Waals surface area contributed by atoms with Gasteiger partial charge in [0.2, 0.25) is 5.91 Å². The van der Waals surface area contributed by atoms with Crippen molar-refractivity contribution in [3.05, 3.63) is 4.88 Å². The summed E-state index contributed by atoms with van der Waals surface area (Å²) in [5, 5.41) is 12.5. The third kappa shape index (κ3) is 3.98. The lowest BCUT2D eigenvalue weighted by Gasteiger charge is -2.29. The van der Waals surface area contributed by atoms with Crippen molar-refractivity contribution in [3.8, 4) is 0 Å². The van der Waals surface area contributed by atoms with Crippen molar-refractivity contribution in [2.75, 3.05) is 36.4 Å². The topological polar surface area (TPSA) is 103 Å². The molecule has 9 heteroatoms. The van der Waals surface area contributed by atoms with Gasteiger partial charge in [0, 0.05) is 32.6 Å². The smallest absolute Gasteiger partial charge is 0.306 e. The Balaban J connectivity index is 1.80. The maximum atomic E-state index is 12.8. The quantitative estimate of drug-likeness (QED) is 0.810. The molecule has 0 aromatic carbocycles. The van der Waals surface area contributed by atoms with E-state index >= 15 is 0 Å². The molecule has 26 heavy (non-hydrogen) atoms. The molecule has 0 radical (unpaired) electrons. The Labute approximate surface area is 156 Å². The van der Waals surface area contributed by atoms with Crippen molar-refractivity contribution in [2.45, 2.75) is 39.0 Å². The molecule has 0 atom stereocenters. The van der Waals surface area contributed by atoms with E-state index in [1.807, 2.05) is 4.90 Å². The fourth-order valence-corrected chi connectivity index (χ4v) is 4.32. The molecule has 0 bridgehead atoms. The van der Waals surface area contributed by atoms with Gasteiger partial charge in [0.05, 0.1) is 5.92 Å². The van der Waals surface area contributed by atoms with Crippen molar-refractivity contribution >= 4 is 40.1 Å². The summed E-state index contributed by atoms with van der Waals surface area (Å²) in [6, 6.07) is 0. The van der Waals surface area contributed by atoms with E-state index in [0.717, 1.165) is 25.9 Å². The average molecular weight is 380 g/mol. The predicted molar refractivity (Wildman–Crippen MR) is 98.7 cm³/mol. The first kappa shape index (κ1) is 18.6. The predicted octanol–water partition coefficient (Wildman–Crippen LogP) is 2.03. The first-order chi connectivity index (χ1) is 12.5. The summed E-state index contributed by atoms with van der Waals surface area (Å²) in [6.07, 6.45) is 3.42. The number of likely N-dealkylation sites (tertiary alicyclic amines) is 1. The molecule has 2 fully saturated rings. The number of piperidine rings is 1. The Morgan fingerprint density at radius 2 is 1.85 bits per heavy atom. The van der Waals surface area contributed by atoms with E-state index in [2.05, 4.69) is 10.3 Å². The van der Waals surface area contributed by atoms with Crippen LogP contribution in [0, 0.1) is 5.92 Å². The number of aromatic nitrogens is 1. The Bertz CT molecular complexity index is 691. The minimum absolute atomic E-state index is 0.0851. The molecule has 0 unspecified atom stereocenters. The van der Waals surface area contributed by atoms with Crippen LogP contribution in [0.15, 0.2) is 0 Å². The van der Waals surface area contributed by atoms with Crippen molar-refractivity contribution < 1.29 is 19.5 Å². The maximum Gasteiger partial charge on any atom is 0.306 e. The number of nitrogens with one attached hydrogen (secondary N) is 1. The summed E-state index contributed by atoms with van der Waals surface area (Å²) in [4.78, 5) is 44.5. The van der Waals surface area contributed by atoms with E-state index < -0.39 is 5.97 Å². The summed E-state index contributed by atoms with van der Waals surface area (Å²) < 4.78 is 0. The number of amides is 2. The second kappa shape index (κ2) is 8.03. The molecule has 2 amide bonds. The molecule has 2 saturated heterocycles. The van der Waals surface area contributed by atoms with E-state index in [1.54, 1.807) is 11.8 Å². The molecule has 1 aromatic heterocycles. The van der Waals surface area contributed by atoms with E-state index in [0.29, 0.717) is 48.2 Å².